The first kappa shape index (κ1) is 20.3. The van der Waals surface area contributed by atoms with Gasteiger partial charge in [-0.25, -0.2) is 4.39 Å². The van der Waals surface area contributed by atoms with Crippen LogP contribution in [0.4, 0.5) is 15.8 Å². The van der Waals surface area contributed by atoms with Crippen LogP contribution in [0.5, 0.6) is 0 Å². The number of fused-ring (bicyclic) bond motifs is 1. The van der Waals surface area contributed by atoms with Crippen molar-refractivity contribution in [2.75, 3.05) is 43.6 Å². The van der Waals surface area contributed by atoms with Crippen molar-refractivity contribution in [3.8, 4) is 0 Å². The number of nitrogens with one attached hydrogen (secondary N) is 1. The van der Waals surface area contributed by atoms with E-state index in [0.717, 1.165) is 27.9 Å². The van der Waals surface area contributed by atoms with Crippen molar-refractivity contribution in [1.82, 2.24) is 0 Å². The highest BCUT2D eigenvalue weighted by molar-refractivity contribution is 9.10. The third-order valence-electron chi connectivity index (χ3n) is 4.82. The number of thiophene rings is 1. The van der Waals surface area contributed by atoms with E-state index < -0.39 is 0 Å². The minimum absolute atomic E-state index is 0.165. The lowest BCUT2D eigenvalue weighted by atomic mass is 10.1. The van der Waals surface area contributed by atoms with Gasteiger partial charge < -0.3 is 19.7 Å². The maximum atomic E-state index is 14.4. The Morgan fingerprint density at radius 1 is 1.31 bits per heavy atom. The summed E-state index contributed by atoms with van der Waals surface area (Å²) >= 11 is 4.76. The van der Waals surface area contributed by atoms with E-state index in [2.05, 4.69) is 26.1 Å². The highest BCUT2D eigenvalue weighted by atomic mass is 79.9. The van der Waals surface area contributed by atoms with Crippen LogP contribution in [0.3, 0.4) is 0 Å². The normalized spacial score (nSPS) is 14.4. The van der Waals surface area contributed by atoms with Crippen molar-refractivity contribution in [2.45, 2.75) is 6.61 Å². The number of halogens is 2. The molecular weight excluding hydrogens is 459 g/mol. The van der Waals surface area contributed by atoms with Gasteiger partial charge in [0.1, 0.15) is 5.82 Å². The molecule has 1 aromatic heterocycles. The van der Waals surface area contributed by atoms with Crippen LogP contribution in [0, 0.1) is 5.82 Å². The van der Waals surface area contributed by atoms with E-state index >= 15 is 0 Å². The van der Waals surface area contributed by atoms with Gasteiger partial charge in [0.2, 0.25) is 0 Å². The highest BCUT2D eigenvalue weighted by Crippen LogP contribution is 2.36. The summed E-state index contributed by atoms with van der Waals surface area (Å²) in [5.41, 5.74) is 2.21. The molecular formula is C21H20BrFN2O3S. The zero-order valence-electron chi connectivity index (χ0n) is 15.8. The van der Waals surface area contributed by atoms with E-state index in [-0.39, 0.29) is 18.3 Å². The van der Waals surface area contributed by atoms with E-state index in [1.54, 1.807) is 6.07 Å². The van der Waals surface area contributed by atoms with Gasteiger partial charge in [-0.15, -0.1) is 11.3 Å². The molecule has 0 unspecified atom stereocenters. The molecule has 5 nitrogen and oxygen atoms in total. The molecule has 0 spiro atoms. The van der Waals surface area contributed by atoms with Crippen LogP contribution in [0.2, 0.25) is 0 Å². The first-order valence-electron chi connectivity index (χ1n) is 9.21. The number of morpholine rings is 1. The molecule has 1 aliphatic heterocycles. The average molecular weight is 479 g/mol. The van der Waals surface area contributed by atoms with Gasteiger partial charge in [0.25, 0.3) is 5.91 Å². The lowest BCUT2D eigenvalue weighted by Gasteiger charge is -2.30. The van der Waals surface area contributed by atoms with Crippen molar-refractivity contribution in [3.63, 3.8) is 0 Å². The second-order valence-corrected chi connectivity index (χ2v) is 8.64. The molecule has 4 rings (SSSR count). The summed E-state index contributed by atoms with van der Waals surface area (Å²) in [5.74, 6) is -0.619. The molecule has 29 heavy (non-hydrogen) atoms. The summed E-state index contributed by atoms with van der Waals surface area (Å²) in [6.07, 6.45) is 0. The molecule has 8 heteroatoms. The molecule has 2 aromatic carbocycles. The molecule has 0 aliphatic carbocycles. The van der Waals surface area contributed by atoms with Gasteiger partial charge in [-0.1, -0.05) is 22.0 Å². The Bertz CT molecular complexity index is 1050. The number of anilines is 2. The maximum absolute atomic E-state index is 14.4. The van der Waals surface area contributed by atoms with Gasteiger partial charge in [0.15, 0.2) is 0 Å². The molecule has 0 saturated carbocycles. The number of amides is 1. The van der Waals surface area contributed by atoms with Crippen LogP contribution in [0.25, 0.3) is 10.1 Å². The Labute approximate surface area is 180 Å². The quantitative estimate of drug-likeness (QED) is 0.558. The third kappa shape index (κ3) is 4.16. The number of rotatable bonds is 5. The van der Waals surface area contributed by atoms with Crippen molar-refractivity contribution in [2.24, 2.45) is 0 Å². The van der Waals surface area contributed by atoms with Crippen LogP contribution in [0.15, 0.2) is 40.9 Å². The fourth-order valence-electron chi connectivity index (χ4n) is 3.50. The Morgan fingerprint density at radius 3 is 2.86 bits per heavy atom. The van der Waals surface area contributed by atoms with Gasteiger partial charge in [-0.05, 0) is 30.3 Å². The van der Waals surface area contributed by atoms with Crippen molar-refractivity contribution in [1.29, 1.82) is 0 Å². The topological polar surface area (TPSA) is 50.8 Å². The highest BCUT2D eigenvalue weighted by Gasteiger charge is 2.23. The van der Waals surface area contributed by atoms with Gasteiger partial charge in [-0.3, -0.25) is 4.79 Å². The zero-order valence-corrected chi connectivity index (χ0v) is 18.2. The average Bonchev–Trinajstić information content (AvgIpc) is 3.09. The molecule has 1 aliphatic rings. The predicted molar refractivity (Wildman–Crippen MR) is 118 cm³/mol. The lowest BCUT2D eigenvalue weighted by Crippen LogP contribution is -2.36. The van der Waals surface area contributed by atoms with Crippen LogP contribution in [-0.4, -0.2) is 39.3 Å². The molecule has 152 valence electrons. The van der Waals surface area contributed by atoms with Crippen LogP contribution < -0.4 is 10.2 Å². The van der Waals surface area contributed by atoms with Crippen molar-refractivity contribution in [3.05, 3.63) is 57.1 Å². The van der Waals surface area contributed by atoms with Gasteiger partial charge in [0.05, 0.1) is 36.1 Å². The molecule has 0 atom stereocenters. The molecule has 1 N–H and O–H groups in total. The number of methoxy groups -OCH3 is 1. The number of carbonyl (C=O) groups is 1. The zero-order chi connectivity index (χ0) is 20.4. The maximum Gasteiger partial charge on any atom is 0.266 e. The van der Waals surface area contributed by atoms with E-state index in [1.807, 2.05) is 24.3 Å². The molecule has 0 bridgehead atoms. The summed E-state index contributed by atoms with van der Waals surface area (Å²) < 4.78 is 26.7. The van der Waals surface area contributed by atoms with Crippen LogP contribution >= 0.6 is 27.3 Å². The number of hydrogen-bond acceptors (Lipinski definition) is 5. The largest absolute Gasteiger partial charge is 0.380 e. The Hall–Kier alpha value is -2.00. The van der Waals surface area contributed by atoms with Crippen molar-refractivity contribution < 1.29 is 18.7 Å². The Balaban J connectivity index is 1.71. The fraction of sp³-hybridized carbons (Fsp3) is 0.286. The monoisotopic (exact) mass is 478 g/mol. The summed E-state index contributed by atoms with van der Waals surface area (Å²) in [6, 6.07) is 10.7. The second-order valence-electron chi connectivity index (χ2n) is 6.67. The van der Waals surface area contributed by atoms with E-state index in [4.69, 9.17) is 9.47 Å². The minimum atomic E-state index is -0.346. The van der Waals surface area contributed by atoms with Crippen molar-refractivity contribution >= 4 is 54.6 Å². The first-order valence-corrected chi connectivity index (χ1v) is 10.8. The number of hydrogen-bond donors (Lipinski definition) is 1. The molecule has 0 radical (unpaired) electrons. The smallest absolute Gasteiger partial charge is 0.266 e. The molecule has 1 saturated heterocycles. The number of benzene rings is 2. The first-order chi connectivity index (χ1) is 14.1. The molecule has 3 aromatic rings. The summed E-state index contributed by atoms with van der Waals surface area (Å²) in [4.78, 5) is 15.8. The lowest BCUT2D eigenvalue weighted by molar-refractivity contribution is 0.102. The van der Waals surface area contributed by atoms with E-state index in [1.165, 1.54) is 24.5 Å². The Kier molecular flexibility index (Phi) is 6.15. The number of ether oxygens (including phenoxy) is 2. The third-order valence-corrected chi connectivity index (χ3v) is 6.51. The molecule has 1 fully saturated rings. The van der Waals surface area contributed by atoms with E-state index in [0.29, 0.717) is 34.7 Å². The minimum Gasteiger partial charge on any atom is -0.380 e. The van der Waals surface area contributed by atoms with Gasteiger partial charge >= 0.3 is 0 Å². The van der Waals surface area contributed by atoms with Crippen LogP contribution in [-0.2, 0) is 16.1 Å². The molecule has 1 amide bonds. The second kappa shape index (κ2) is 8.79. The number of carbonyl (C=O) groups excluding carboxylic acids is 1. The predicted octanol–water partition coefficient (Wildman–Crippen LogP) is 5.04. The summed E-state index contributed by atoms with van der Waals surface area (Å²) in [7, 11) is 1.54. The van der Waals surface area contributed by atoms with Gasteiger partial charge in [-0.2, -0.15) is 0 Å². The molecule has 2 heterocycles. The fourth-order valence-corrected chi connectivity index (χ4v) is 4.98. The Morgan fingerprint density at radius 2 is 2.10 bits per heavy atom. The number of nitrogens with zero attached hydrogens (tertiary/aromatic N) is 1. The van der Waals surface area contributed by atoms with Crippen LogP contribution in [0.1, 0.15) is 15.2 Å². The van der Waals surface area contributed by atoms with E-state index in [9.17, 15) is 9.18 Å². The summed E-state index contributed by atoms with van der Waals surface area (Å²) in [5, 5.41) is 3.48. The standard InChI is InChI=1S/C21H20BrFN2O3S/c1-27-12-14-19-15(23)3-2-4-18(19)29-20(14)21(26)24-16-11-13(22)5-6-17(16)25-7-9-28-10-8-25/h2-6,11H,7-10,12H2,1H3,(H,24,26). The SMILES string of the molecule is COCc1c(C(=O)Nc2cc(Br)ccc2N2CCOCC2)sc2cccc(F)c12. The summed E-state index contributed by atoms with van der Waals surface area (Å²) in [6.45, 7) is 2.98. The van der Waals surface area contributed by atoms with Gasteiger partial charge in [0, 0.05) is 40.3 Å².